The maximum absolute atomic E-state index is 2.43. The van der Waals surface area contributed by atoms with Gasteiger partial charge in [-0.15, -0.1) is 11.3 Å². The van der Waals surface area contributed by atoms with Crippen LogP contribution in [0.5, 0.6) is 0 Å². The number of anilines is 3. The molecule has 0 spiro atoms. The zero-order chi connectivity index (χ0) is 28.3. The van der Waals surface area contributed by atoms with Gasteiger partial charge in [-0.05, 0) is 60.0 Å². The van der Waals surface area contributed by atoms with E-state index in [2.05, 4.69) is 167 Å². The van der Waals surface area contributed by atoms with E-state index in [1.807, 2.05) is 11.3 Å². The van der Waals surface area contributed by atoms with Crippen molar-refractivity contribution >= 4 is 81.1 Å². The molecule has 0 bridgehead atoms. The normalized spacial score (nSPS) is 11.7. The number of aromatic nitrogens is 1. The zero-order valence-electron chi connectivity index (χ0n) is 23.3. The number of hydrogen-bond acceptors (Lipinski definition) is 2. The second-order valence-corrected chi connectivity index (χ2v) is 12.0. The molecule has 43 heavy (non-hydrogen) atoms. The maximum Gasteiger partial charge on any atom is 0.0640 e. The summed E-state index contributed by atoms with van der Waals surface area (Å²) in [4.78, 5) is 2.39. The molecule has 0 saturated carbocycles. The van der Waals surface area contributed by atoms with Crippen molar-refractivity contribution in [1.82, 2.24) is 4.57 Å². The van der Waals surface area contributed by atoms with E-state index in [0.717, 1.165) is 17.1 Å². The number of fused-ring (bicyclic) bond motifs is 8. The standard InChI is InChI=1S/C40H26N2S/c1-2-12-28(13-3-1)41(37-19-10-17-35-33-16-7-9-20-38(33)43-40(35)37)29-22-24-30(25-23-29)42-36-18-8-6-15-32(36)34-26-21-27-11-4-5-14-31(27)39(34)42/h1-26H. The van der Waals surface area contributed by atoms with Gasteiger partial charge in [0.25, 0.3) is 0 Å². The number of thiophene rings is 1. The Balaban J connectivity index is 1.26. The van der Waals surface area contributed by atoms with Crippen LogP contribution in [0.25, 0.3) is 58.4 Å². The lowest BCUT2D eigenvalue weighted by Crippen LogP contribution is -2.10. The van der Waals surface area contributed by atoms with E-state index in [-0.39, 0.29) is 0 Å². The van der Waals surface area contributed by atoms with Crippen molar-refractivity contribution in [3.05, 3.63) is 158 Å². The third kappa shape index (κ3) is 3.72. The SMILES string of the molecule is c1ccc(N(c2ccc(-n3c4ccccc4c4ccc5ccccc5c43)cc2)c2cccc3c2sc2ccccc23)cc1. The first-order chi connectivity index (χ1) is 21.3. The molecule has 0 aliphatic carbocycles. The van der Waals surface area contributed by atoms with Crippen LogP contribution in [-0.4, -0.2) is 4.57 Å². The molecule has 2 aromatic heterocycles. The lowest BCUT2D eigenvalue weighted by atomic mass is 10.1. The Morgan fingerprint density at radius 3 is 1.98 bits per heavy atom. The van der Waals surface area contributed by atoms with Crippen LogP contribution < -0.4 is 4.90 Å². The summed E-state index contributed by atoms with van der Waals surface area (Å²) in [6.45, 7) is 0. The van der Waals surface area contributed by atoms with E-state index in [0.29, 0.717) is 0 Å². The Morgan fingerprint density at radius 1 is 0.442 bits per heavy atom. The fourth-order valence-corrected chi connectivity index (χ4v) is 7.87. The summed E-state index contributed by atoms with van der Waals surface area (Å²) in [6, 6.07) is 57.1. The van der Waals surface area contributed by atoms with Gasteiger partial charge in [-0.3, -0.25) is 0 Å². The van der Waals surface area contributed by atoms with Gasteiger partial charge in [-0.25, -0.2) is 0 Å². The smallest absolute Gasteiger partial charge is 0.0640 e. The number of nitrogens with zero attached hydrogens (tertiary/aromatic N) is 2. The molecular formula is C40H26N2S. The highest BCUT2D eigenvalue weighted by molar-refractivity contribution is 7.26. The molecule has 2 nitrogen and oxygen atoms in total. The Kier molecular flexibility index (Phi) is 5.40. The van der Waals surface area contributed by atoms with Gasteiger partial charge in [0, 0.05) is 48.7 Å². The third-order valence-corrected chi connectivity index (χ3v) is 9.77. The first-order valence-electron chi connectivity index (χ1n) is 14.6. The van der Waals surface area contributed by atoms with Crippen LogP contribution >= 0.6 is 11.3 Å². The Hall–Kier alpha value is -5.38. The van der Waals surface area contributed by atoms with Gasteiger partial charge < -0.3 is 9.47 Å². The molecule has 2 heterocycles. The fourth-order valence-electron chi connectivity index (χ4n) is 6.66. The molecule has 7 aromatic carbocycles. The second kappa shape index (κ2) is 9.59. The molecule has 0 atom stereocenters. The predicted molar refractivity (Wildman–Crippen MR) is 186 cm³/mol. The largest absolute Gasteiger partial charge is 0.309 e. The molecule has 9 aromatic rings. The van der Waals surface area contributed by atoms with Crippen LogP contribution in [-0.2, 0) is 0 Å². The van der Waals surface area contributed by atoms with E-state index in [1.165, 1.54) is 58.4 Å². The zero-order valence-corrected chi connectivity index (χ0v) is 24.1. The molecular weight excluding hydrogens is 541 g/mol. The monoisotopic (exact) mass is 566 g/mol. The van der Waals surface area contributed by atoms with Crippen LogP contribution in [0.4, 0.5) is 17.1 Å². The van der Waals surface area contributed by atoms with E-state index in [4.69, 9.17) is 0 Å². The van der Waals surface area contributed by atoms with Gasteiger partial charge in [0.1, 0.15) is 0 Å². The summed E-state index contributed by atoms with van der Waals surface area (Å²) < 4.78 is 5.04. The molecule has 0 fully saturated rings. The number of para-hydroxylation sites is 2. The van der Waals surface area contributed by atoms with E-state index < -0.39 is 0 Å². The van der Waals surface area contributed by atoms with Gasteiger partial charge in [0.05, 0.1) is 21.4 Å². The van der Waals surface area contributed by atoms with Gasteiger partial charge in [0.15, 0.2) is 0 Å². The Bertz CT molecular complexity index is 2450. The van der Waals surface area contributed by atoms with Crippen LogP contribution in [0.3, 0.4) is 0 Å². The highest BCUT2D eigenvalue weighted by Gasteiger charge is 2.19. The topological polar surface area (TPSA) is 8.17 Å². The first-order valence-corrected chi connectivity index (χ1v) is 15.4. The van der Waals surface area contributed by atoms with Crippen LogP contribution in [0, 0.1) is 0 Å². The lowest BCUT2D eigenvalue weighted by molar-refractivity contribution is 1.18. The summed E-state index contributed by atoms with van der Waals surface area (Å²) in [6.07, 6.45) is 0. The summed E-state index contributed by atoms with van der Waals surface area (Å²) in [5.41, 5.74) is 7.09. The van der Waals surface area contributed by atoms with Crippen molar-refractivity contribution < 1.29 is 0 Å². The highest BCUT2D eigenvalue weighted by atomic mass is 32.1. The van der Waals surface area contributed by atoms with Crippen molar-refractivity contribution in [3.63, 3.8) is 0 Å². The predicted octanol–water partition coefficient (Wildman–Crippen LogP) is 11.8. The van der Waals surface area contributed by atoms with Crippen molar-refractivity contribution in [1.29, 1.82) is 0 Å². The average molecular weight is 567 g/mol. The number of rotatable bonds is 4. The second-order valence-electron chi connectivity index (χ2n) is 11.0. The maximum atomic E-state index is 2.43. The van der Waals surface area contributed by atoms with Gasteiger partial charge in [-0.2, -0.15) is 0 Å². The molecule has 3 heteroatoms. The van der Waals surface area contributed by atoms with Gasteiger partial charge in [0.2, 0.25) is 0 Å². The van der Waals surface area contributed by atoms with Crippen molar-refractivity contribution in [2.75, 3.05) is 4.90 Å². The molecule has 0 amide bonds. The summed E-state index contributed by atoms with van der Waals surface area (Å²) >= 11 is 1.87. The third-order valence-electron chi connectivity index (χ3n) is 8.56. The van der Waals surface area contributed by atoms with Gasteiger partial charge >= 0.3 is 0 Å². The summed E-state index contributed by atoms with van der Waals surface area (Å²) in [7, 11) is 0. The minimum Gasteiger partial charge on any atom is -0.309 e. The molecule has 0 aliphatic heterocycles. The molecule has 0 radical (unpaired) electrons. The fraction of sp³-hybridized carbons (Fsp3) is 0. The first kappa shape index (κ1) is 24.2. The van der Waals surface area contributed by atoms with E-state index in [9.17, 15) is 0 Å². The lowest BCUT2D eigenvalue weighted by Gasteiger charge is -2.26. The number of benzene rings is 7. The van der Waals surface area contributed by atoms with Crippen molar-refractivity contribution in [3.8, 4) is 5.69 Å². The minimum atomic E-state index is 1.13. The van der Waals surface area contributed by atoms with E-state index in [1.54, 1.807) is 0 Å². The Labute approximate surface area is 253 Å². The molecule has 0 saturated heterocycles. The summed E-state index contributed by atoms with van der Waals surface area (Å²) in [5.74, 6) is 0. The van der Waals surface area contributed by atoms with Gasteiger partial charge in [-0.1, -0.05) is 103 Å². The van der Waals surface area contributed by atoms with Crippen molar-refractivity contribution in [2.24, 2.45) is 0 Å². The van der Waals surface area contributed by atoms with E-state index >= 15 is 0 Å². The Morgan fingerprint density at radius 2 is 1.12 bits per heavy atom. The molecule has 202 valence electrons. The highest BCUT2D eigenvalue weighted by Crippen LogP contribution is 2.45. The molecule has 0 aliphatic rings. The number of hydrogen-bond donors (Lipinski definition) is 0. The minimum absolute atomic E-state index is 1.13. The van der Waals surface area contributed by atoms with Crippen LogP contribution in [0.2, 0.25) is 0 Å². The molecule has 9 rings (SSSR count). The van der Waals surface area contributed by atoms with Crippen molar-refractivity contribution in [2.45, 2.75) is 0 Å². The molecule has 0 N–H and O–H groups in total. The quantitative estimate of drug-likeness (QED) is 0.206. The van der Waals surface area contributed by atoms with Crippen LogP contribution in [0.15, 0.2) is 158 Å². The van der Waals surface area contributed by atoms with Crippen LogP contribution in [0.1, 0.15) is 0 Å². The molecule has 0 unspecified atom stereocenters. The average Bonchev–Trinajstić information content (AvgIpc) is 3.63. The summed E-state index contributed by atoms with van der Waals surface area (Å²) in [5, 5.41) is 7.68.